The van der Waals surface area contributed by atoms with Gasteiger partial charge in [0.2, 0.25) is 17.9 Å². The number of aliphatic hydroxyl groups is 1. The van der Waals surface area contributed by atoms with Gasteiger partial charge in [0, 0.05) is 59.1 Å². The first kappa shape index (κ1) is 42.5. The Labute approximate surface area is 321 Å². The summed E-state index contributed by atoms with van der Waals surface area (Å²) in [6.45, 7) is 11.4. The number of Topliss-reactive ketones (excluding diaryl/α,β-unsaturated/α-hetero) is 3. The molecule has 0 fully saturated rings. The predicted molar refractivity (Wildman–Crippen MR) is 214 cm³/mol. The molecular formula is C43H53N3O9. The van der Waals surface area contributed by atoms with E-state index >= 15 is 0 Å². The normalized spacial score (nSPS) is 13.2. The molecule has 0 saturated carbocycles. The average Bonchev–Trinajstić information content (AvgIpc) is 3.47. The van der Waals surface area contributed by atoms with Crippen LogP contribution in [0.3, 0.4) is 0 Å². The first-order valence-corrected chi connectivity index (χ1v) is 19.3. The number of ketones is 3. The molecule has 2 atom stereocenters. The van der Waals surface area contributed by atoms with Crippen LogP contribution in [0.5, 0.6) is 0 Å². The summed E-state index contributed by atoms with van der Waals surface area (Å²) in [5.74, 6) is -1.71. The molecule has 0 amide bonds. The van der Waals surface area contributed by atoms with Gasteiger partial charge in [-0.15, -0.1) is 0 Å². The molecule has 0 aliphatic rings. The van der Waals surface area contributed by atoms with Crippen LogP contribution in [-0.2, 0) is 35.2 Å². The lowest BCUT2D eigenvalue weighted by molar-refractivity contribution is -0.143. The molecule has 0 bridgehead atoms. The molecule has 12 heteroatoms. The summed E-state index contributed by atoms with van der Waals surface area (Å²) in [5, 5.41) is 16.8. The summed E-state index contributed by atoms with van der Waals surface area (Å²) >= 11 is 0. The number of unbranched alkanes of at least 4 members (excludes halogenated alkanes) is 1. The number of nitrogens with zero attached hydrogens (tertiary/aromatic N) is 3. The fourth-order valence-electron chi connectivity index (χ4n) is 6.70. The quantitative estimate of drug-likeness (QED) is 0.0276. The minimum atomic E-state index is -1.29. The van der Waals surface area contributed by atoms with Crippen molar-refractivity contribution >= 4 is 73.3 Å². The Morgan fingerprint density at radius 1 is 0.782 bits per heavy atom. The van der Waals surface area contributed by atoms with Gasteiger partial charge in [0.15, 0.2) is 5.78 Å². The van der Waals surface area contributed by atoms with Crippen molar-refractivity contribution in [3.05, 3.63) is 59.7 Å². The minimum Gasteiger partial charge on any atom is -0.466 e. The number of aliphatic hydroxyl groups excluding tert-OH is 1. The van der Waals surface area contributed by atoms with Crippen molar-refractivity contribution in [3.63, 3.8) is 0 Å². The van der Waals surface area contributed by atoms with Crippen LogP contribution in [0.4, 0.5) is 0 Å². The van der Waals surface area contributed by atoms with Crippen LogP contribution >= 0.6 is 0 Å². The largest absolute Gasteiger partial charge is 0.466 e. The molecule has 55 heavy (non-hydrogen) atoms. The summed E-state index contributed by atoms with van der Waals surface area (Å²) in [6, 6.07) is 14.8. The van der Waals surface area contributed by atoms with E-state index in [9.17, 15) is 29.1 Å². The third-order valence-corrected chi connectivity index (χ3v) is 9.43. The van der Waals surface area contributed by atoms with Gasteiger partial charge in [0.1, 0.15) is 5.71 Å². The van der Waals surface area contributed by atoms with Crippen LogP contribution in [0.15, 0.2) is 58.7 Å². The van der Waals surface area contributed by atoms with Crippen LogP contribution in [-0.4, -0.2) is 76.4 Å². The smallest absolute Gasteiger partial charge is 0.306 e. The van der Waals surface area contributed by atoms with Crippen LogP contribution < -0.4 is 0 Å². The summed E-state index contributed by atoms with van der Waals surface area (Å²) < 4.78 is 12.4. The third kappa shape index (κ3) is 10.9. The van der Waals surface area contributed by atoms with E-state index in [-0.39, 0.29) is 62.6 Å². The van der Waals surface area contributed by atoms with Crippen LogP contribution in [0.1, 0.15) is 114 Å². The number of benzene rings is 3. The molecule has 0 spiro atoms. The highest BCUT2D eigenvalue weighted by Crippen LogP contribution is 2.38. The highest BCUT2D eigenvalue weighted by Gasteiger charge is 2.25. The molecule has 0 aliphatic carbocycles. The van der Waals surface area contributed by atoms with E-state index in [4.69, 9.17) is 14.3 Å². The van der Waals surface area contributed by atoms with E-state index in [1.165, 1.54) is 13.8 Å². The Balaban J connectivity index is 1.98. The molecule has 1 N–H and O–H groups in total. The Bertz CT molecular complexity index is 2090. The maximum absolute atomic E-state index is 14.4. The maximum atomic E-state index is 14.4. The first-order valence-electron chi connectivity index (χ1n) is 19.3. The van der Waals surface area contributed by atoms with E-state index in [1.54, 1.807) is 32.0 Å². The molecular weight excluding hydrogens is 702 g/mol. The number of aliphatic imine (C=N–C) groups is 1. The lowest BCUT2D eigenvalue weighted by atomic mass is 9.94. The zero-order valence-corrected chi connectivity index (χ0v) is 32.8. The van der Waals surface area contributed by atoms with E-state index in [0.29, 0.717) is 29.0 Å². The molecule has 0 saturated heterocycles. The molecule has 4 aromatic rings. The number of oxime groups is 1. The number of esters is 2. The summed E-state index contributed by atoms with van der Waals surface area (Å²) in [5.41, 5.74) is 2.44. The predicted octanol–water partition coefficient (Wildman–Crippen LogP) is 7.96. The van der Waals surface area contributed by atoms with Gasteiger partial charge in [0.25, 0.3) is 0 Å². The Hall–Kier alpha value is -5.23. The summed E-state index contributed by atoms with van der Waals surface area (Å²) in [6.07, 6.45) is 2.62. The summed E-state index contributed by atoms with van der Waals surface area (Å²) in [4.78, 5) is 74.4. The van der Waals surface area contributed by atoms with Gasteiger partial charge in [-0.3, -0.25) is 29.0 Å². The van der Waals surface area contributed by atoms with E-state index < -0.39 is 29.8 Å². The Morgan fingerprint density at radius 3 is 2.04 bits per heavy atom. The molecule has 4 rings (SSSR count). The van der Waals surface area contributed by atoms with Crippen molar-refractivity contribution in [1.82, 2.24) is 4.57 Å². The molecule has 12 nitrogen and oxygen atoms in total. The SMILES string of the molecule is CCCCC(CC)Cn1c2ccc(C(=O)C(CCC(=O)OCC)=NCC(C)=O)cc2c2cc(C(=O)/C(CCC(=O)OCC)=N/OC(C)O)c3ccccc3c21. The number of fused-ring (bicyclic) bond motifs is 5. The molecule has 0 aliphatic heterocycles. The van der Waals surface area contributed by atoms with E-state index in [2.05, 4.69) is 28.6 Å². The summed E-state index contributed by atoms with van der Waals surface area (Å²) in [7, 11) is 0. The highest BCUT2D eigenvalue weighted by atomic mass is 16.7. The van der Waals surface area contributed by atoms with Crippen molar-refractivity contribution < 1.29 is 43.4 Å². The van der Waals surface area contributed by atoms with Gasteiger partial charge >= 0.3 is 11.9 Å². The Kier molecular flexibility index (Phi) is 15.8. The number of hydrogen-bond donors (Lipinski definition) is 1. The van der Waals surface area contributed by atoms with E-state index in [1.807, 2.05) is 30.3 Å². The van der Waals surface area contributed by atoms with Crippen molar-refractivity contribution in [2.75, 3.05) is 19.8 Å². The van der Waals surface area contributed by atoms with Gasteiger partial charge < -0.3 is 24.0 Å². The topological polar surface area (TPSA) is 163 Å². The average molecular weight is 756 g/mol. The maximum Gasteiger partial charge on any atom is 0.306 e. The lowest BCUT2D eigenvalue weighted by Gasteiger charge is -2.18. The van der Waals surface area contributed by atoms with Crippen molar-refractivity contribution in [1.29, 1.82) is 0 Å². The van der Waals surface area contributed by atoms with Crippen molar-refractivity contribution in [2.24, 2.45) is 16.1 Å². The van der Waals surface area contributed by atoms with Crippen LogP contribution in [0.2, 0.25) is 0 Å². The fraction of sp³-hybridized carbons (Fsp3) is 0.465. The standard InChI is InChI=1S/C43H53N3O9/c1-7-11-14-29(8-2)26-46-38-20-17-30(42(51)36(44-25-27(5)47)18-21-39(49)53-9-3)23-33(38)34-24-35(31-15-12-13-16-32(31)41(34)46)43(52)37(45-55-28(6)48)19-22-40(50)54-10-4/h12-13,15-17,20,23-24,28-29,48H,7-11,14,18-19,21-22,25-26H2,1-6H3/b44-36?,45-37+. The van der Waals surface area contributed by atoms with Gasteiger partial charge in [0.05, 0.1) is 43.8 Å². The molecule has 1 heterocycles. The molecule has 0 radical (unpaired) electrons. The van der Waals surface area contributed by atoms with Crippen molar-refractivity contribution in [3.8, 4) is 0 Å². The van der Waals surface area contributed by atoms with Crippen LogP contribution in [0.25, 0.3) is 32.6 Å². The number of carbonyl (C=O) groups is 5. The van der Waals surface area contributed by atoms with E-state index in [0.717, 1.165) is 52.9 Å². The number of aromatic nitrogens is 1. The number of ether oxygens (including phenoxy) is 2. The monoisotopic (exact) mass is 755 g/mol. The highest BCUT2D eigenvalue weighted by molar-refractivity contribution is 6.49. The van der Waals surface area contributed by atoms with Crippen LogP contribution in [0, 0.1) is 5.92 Å². The minimum absolute atomic E-state index is 0.00603. The lowest BCUT2D eigenvalue weighted by Crippen LogP contribution is -2.19. The number of hydrogen-bond acceptors (Lipinski definition) is 11. The zero-order chi connectivity index (χ0) is 40.1. The zero-order valence-electron chi connectivity index (χ0n) is 32.8. The molecule has 2 unspecified atom stereocenters. The molecule has 294 valence electrons. The number of rotatable bonds is 22. The second-order valence-electron chi connectivity index (χ2n) is 13.6. The third-order valence-electron chi connectivity index (χ3n) is 9.43. The van der Waals surface area contributed by atoms with Gasteiger partial charge in [-0.25, -0.2) is 0 Å². The molecule has 3 aromatic carbocycles. The number of carbonyl (C=O) groups excluding carboxylic acids is 5. The first-order chi connectivity index (χ1) is 26.4. The fourth-order valence-corrected chi connectivity index (χ4v) is 6.70. The molecule has 1 aromatic heterocycles. The van der Waals surface area contributed by atoms with Gasteiger partial charge in [-0.1, -0.05) is 62.5 Å². The second-order valence-corrected chi connectivity index (χ2v) is 13.6. The van der Waals surface area contributed by atoms with Gasteiger partial charge in [-0.05, 0) is 62.8 Å². The Morgan fingerprint density at radius 2 is 1.44 bits per heavy atom. The van der Waals surface area contributed by atoms with Gasteiger partial charge in [-0.2, -0.15) is 0 Å². The van der Waals surface area contributed by atoms with Crippen molar-refractivity contribution in [2.45, 2.75) is 106 Å². The second kappa shape index (κ2) is 20.5.